The quantitative estimate of drug-likeness (QED) is 0.600. The van der Waals surface area contributed by atoms with E-state index >= 15 is 0 Å². The second-order valence-corrected chi connectivity index (χ2v) is 6.33. The van der Waals surface area contributed by atoms with Crippen LogP contribution in [0, 0.1) is 0 Å². The number of benzene rings is 3. The minimum absolute atomic E-state index is 0.0472. The first-order valence-electron chi connectivity index (χ1n) is 9.05. The zero-order valence-electron chi connectivity index (χ0n) is 15.9. The Hall–Kier alpha value is -3.80. The van der Waals surface area contributed by atoms with E-state index in [-0.39, 0.29) is 18.1 Å². The molecule has 148 valence electrons. The number of aromatic hydroxyl groups is 1. The number of hydrogen-bond donors (Lipinski definition) is 2. The van der Waals surface area contributed by atoms with Crippen molar-refractivity contribution in [2.75, 3.05) is 7.11 Å². The summed E-state index contributed by atoms with van der Waals surface area (Å²) in [7, 11) is 1.29. The van der Waals surface area contributed by atoms with E-state index in [1.54, 1.807) is 72.8 Å². The van der Waals surface area contributed by atoms with Crippen LogP contribution in [-0.4, -0.2) is 30.1 Å². The highest BCUT2D eigenvalue weighted by atomic mass is 16.5. The lowest BCUT2D eigenvalue weighted by Crippen LogP contribution is -2.43. The molecule has 0 spiro atoms. The van der Waals surface area contributed by atoms with Crippen LogP contribution in [0.1, 0.15) is 15.9 Å². The van der Waals surface area contributed by atoms with Gasteiger partial charge in [-0.3, -0.25) is 4.79 Å². The van der Waals surface area contributed by atoms with Gasteiger partial charge in [-0.15, -0.1) is 0 Å². The van der Waals surface area contributed by atoms with Gasteiger partial charge in [0.2, 0.25) is 0 Å². The maximum atomic E-state index is 12.4. The maximum absolute atomic E-state index is 12.4. The van der Waals surface area contributed by atoms with Gasteiger partial charge in [-0.2, -0.15) is 0 Å². The Balaban J connectivity index is 1.68. The summed E-state index contributed by atoms with van der Waals surface area (Å²) in [6.45, 7) is 0. The van der Waals surface area contributed by atoms with Gasteiger partial charge in [0.25, 0.3) is 5.91 Å². The molecule has 2 N–H and O–H groups in total. The van der Waals surface area contributed by atoms with Crippen LogP contribution < -0.4 is 10.1 Å². The van der Waals surface area contributed by atoms with E-state index in [9.17, 15) is 14.7 Å². The largest absolute Gasteiger partial charge is 0.504 e. The average Bonchev–Trinajstić information content (AvgIpc) is 2.76. The lowest BCUT2D eigenvalue weighted by atomic mass is 10.1. The third kappa shape index (κ3) is 5.35. The van der Waals surface area contributed by atoms with Crippen LogP contribution >= 0.6 is 0 Å². The molecular weight excluding hydrogens is 370 g/mol. The molecule has 3 rings (SSSR count). The van der Waals surface area contributed by atoms with Crippen LogP contribution in [0.3, 0.4) is 0 Å². The second kappa shape index (κ2) is 9.41. The third-order valence-electron chi connectivity index (χ3n) is 4.28. The number of para-hydroxylation sites is 2. The molecular formula is C23H21NO5. The highest BCUT2D eigenvalue weighted by Gasteiger charge is 2.22. The van der Waals surface area contributed by atoms with E-state index in [1.165, 1.54) is 7.11 Å². The number of hydrogen-bond acceptors (Lipinski definition) is 5. The van der Waals surface area contributed by atoms with E-state index in [1.807, 2.05) is 6.07 Å². The number of nitrogens with one attached hydrogen (secondary N) is 1. The lowest BCUT2D eigenvalue weighted by Gasteiger charge is -2.17. The van der Waals surface area contributed by atoms with Crippen LogP contribution in [0.5, 0.6) is 17.2 Å². The zero-order chi connectivity index (χ0) is 20.6. The molecule has 1 unspecified atom stereocenters. The van der Waals surface area contributed by atoms with E-state index in [0.29, 0.717) is 17.1 Å². The minimum Gasteiger partial charge on any atom is -0.504 e. The Morgan fingerprint density at radius 2 is 1.59 bits per heavy atom. The number of carbonyl (C=O) groups is 2. The molecule has 6 nitrogen and oxygen atoms in total. The standard InChI is InChI=1S/C23H21NO5/c1-28-23(27)19(24-22(26)17-7-3-2-4-8-17)15-16-11-13-18(14-12-16)29-21-10-6-5-9-20(21)25/h2-14,19,25H,15H2,1H3,(H,24,26). The monoisotopic (exact) mass is 391 g/mol. The van der Waals surface area contributed by atoms with Gasteiger partial charge >= 0.3 is 5.97 Å². The van der Waals surface area contributed by atoms with Crippen molar-refractivity contribution in [1.82, 2.24) is 5.32 Å². The van der Waals surface area contributed by atoms with Crippen molar-refractivity contribution in [2.24, 2.45) is 0 Å². The summed E-state index contributed by atoms with van der Waals surface area (Å²) in [5.41, 5.74) is 1.28. The lowest BCUT2D eigenvalue weighted by molar-refractivity contribution is -0.142. The predicted molar refractivity (Wildman–Crippen MR) is 108 cm³/mol. The highest BCUT2D eigenvalue weighted by Crippen LogP contribution is 2.30. The number of carbonyl (C=O) groups excluding carboxylic acids is 2. The Labute approximate surface area is 168 Å². The molecule has 1 atom stereocenters. The summed E-state index contributed by atoms with van der Waals surface area (Å²) >= 11 is 0. The van der Waals surface area contributed by atoms with Crippen LogP contribution in [0.15, 0.2) is 78.9 Å². The van der Waals surface area contributed by atoms with Crippen molar-refractivity contribution >= 4 is 11.9 Å². The van der Waals surface area contributed by atoms with Crippen molar-refractivity contribution < 1.29 is 24.2 Å². The van der Waals surface area contributed by atoms with Gasteiger partial charge in [-0.25, -0.2) is 4.79 Å². The fourth-order valence-corrected chi connectivity index (χ4v) is 2.77. The SMILES string of the molecule is COC(=O)C(Cc1ccc(Oc2ccccc2O)cc1)NC(=O)c1ccccc1. The predicted octanol–water partition coefficient (Wildman–Crippen LogP) is 3.70. The van der Waals surface area contributed by atoms with Gasteiger partial charge in [0.1, 0.15) is 11.8 Å². The topological polar surface area (TPSA) is 84.9 Å². The Morgan fingerprint density at radius 1 is 0.931 bits per heavy atom. The number of amides is 1. The van der Waals surface area contributed by atoms with E-state index < -0.39 is 12.0 Å². The first-order valence-corrected chi connectivity index (χ1v) is 9.05. The van der Waals surface area contributed by atoms with Gasteiger partial charge in [-0.05, 0) is 42.0 Å². The molecule has 29 heavy (non-hydrogen) atoms. The highest BCUT2D eigenvalue weighted by molar-refractivity contribution is 5.96. The Kier molecular flexibility index (Phi) is 6.47. The number of rotatable bonds is 7. The molecule has 0 aliphatic heterocycles. The summed E-state index contributed by atoms with van der Waals surface area (Å²) in [5, 5.41) is 12.5. The fourth-order valence-electron chi connectivity index (χ4n) is 2.77. The first kappa shape index (κ1) is 19.9. The summed E-state index contributed by atoms with van der Waals surface area (Å²) in [6.07, 6.45) is 0.266. The molecule has 0 aromatic heterocycles. The minimum atomic E-state index is -0.822. The van der Waals surface area contributed by atoms with Crippen LogP contribution in [0.25, 0.3) is 0 Å². The molecule has 0 aliphatic rings. The summed E-state index contributed by atoms with van der Waals surface area (Å²) in [5.74, 6) is 0.0660. The molecule has 1 amide bonds. The average molecular weight is 391 g/mol. The van der Waals surface area contributed by atoms with Gasteiger partial charge < -0.3 is 19.9 Å². The Morgan fingerprint density at radius 3 is 2.24 bits per heavy atom. The molecule has 3 aromatic carbocycles. The molecule has 6 heteroatoms. The van der Waals surface area contributed by atoms with Gasteiger partial charge in [0, 0.05) is 12.0 Å². The number of ether oxygens (including phenoxy) is 2. The number of phenols is 1. The third-order valence-corrected chi connectivity index (χ3v) is 4.28. The molecule has 0 fully saturated rings. The van der Waals surface area contributed by atoms with E-state index in [0.717, 1.165) is 5.56 Å². The Bertz CT molecular complexity index is 970. The van der Waals surface area contributed by atoms with Crippen molar-refractivity contribution in [3.8, 4) is 17.2 Å². The normalized spacial score (nSPS) is 11.3. The van der Waals surface area contributed by atoms with Crippen molar-refractivity contribution in [3.05, 3.63) is 90.0 Å². The first-order chi connectivity index (χ1) is 14.1. The summed E-state index contributed by atoms with van der Waals surface area (Å²) in [6, 6.07) is 21.6. The zero-order valence-corrected chi connectivity index (χ0v) is 15.9. The molecule has 0 heterocycles. The number of phenolic OH excluding ortho intramolecular Hbond substituents is 1. The molecule has 0 bridgehead atoms. The molecule has 0 saturated carbocycles. The van der Waals surface area contributed by atoms with E-state index in [2.05, 4.69) is 5.32 Å². The van der Waals surface area contributed by atoms with Crippen molar-refractivity contribution in [1.29, 1.82) is 0 Å². The molecule has 0 saturated heterocycles. The molecule has 0 aliphatic carbocycles. The van der Waals surface area contributed by atoms with Gasteiger partial charge in [-0.1, -0.05) is 42.5 Å². The van der Waals surface area contributed by atoms with Crippen molar-refractivity contribution in [2.45, 2.75) is 12.5 Å². The summed E-state index contributed by atoms with van der Waals surface area (Å²) < 4.78 is 10.5. The smallest absolute Gasteiger partial charge is 0.328 e. The fraction of sp³-hybridized carbons (Fsp3) is 0.130. The maximum Gasteiger partial charge on any atom is 0.328 e. The second-order valence-electron chi connectivity index (χ2n) is 6.33. The van der Waals surface area contributed by atoms with E-state index in [4.69, 9.17) is 9.47 Å². The van der Waals surface area contributed by atoms with Crippen LogP contribution in [0.4, 0.5) is 0 Å². The van der Waals surface area contributed by atoms with Gasteiger partial charge in [0.15, 0.2) is 11.5 Å². The molecule has 3 aromatic rings. The molecule has 0 radical (unpaired) electrons. The van der Waals surface area contributed by atoms with Crippen LogP contribution in [0.2, 0.25) is 0 Å². The number of esters is 1. The number of methoxy groups -OCH3 is 1. The van der Waals surface area contributed by atoms with Gasteiger partial charge in [0.05, 0.1) is 7.11 Å². The van der Waals surface area contributed by atoms with Crippen molar-refractivity contribution in [3.63, 3.8) is 0 Å². The van der Waals surface area contributed by atoms with Crippen LogP contribution in [-0.2, 0) is 16.0 Å². The summed E-state index contributed by atoms with van der Waals surface area (Å²) in [4.78, 5) is 24.5.